The number of benzene rings is 2. The van der Waals surface area contributed by atoms with Crippen LogP contribution in [0.2, 0.25) is 0 Å². The molecule has 1 N–H and O–H groups in total. The van der Waals surface area contributed by atoms with Crippen LogP contribution in [0.25, 0.3) is 11.5 Å². The fraction of sp³-hybridized carbons (Fsp3) is 0.167. The number of aromatic nitrogens is 2. The molecule has 0 radical (unpaired) electrons. The van der Waals surface area contributed by atoms with Crippen molar-refractivity contribution in [3.05, 3.63) is 60.0 Å². The van der Waals surface area contributed by atoms with Crippen LogP contribution in [0.4, 0.5) is 5.69 Å². The van der Waals surface area contributed by atoms with Crippen LogP contribution in [0.15, 0.2) is 52.9 Å². The quantitative estimate of drug-likeness (QED) is 0.690. The average Bonchev–Trinajstić information content (AvgIpc) is 3.15. The number of methoxy groups -OCH3 is 2. The van der Waals surface area contributed by atoms with Gasteiger partial charge in [0.2, 0.25) is 11.8 Å². The summed E-state index contributed by atoms with van der Waals surface area (Å²) in [5, 5.41) is 11.2. The number of hydrogen-bond donors (Lipinski definition) is 1. The number of anilines is 1. The number of carbonyl (C=O) groups excluding carboxylic acids is 1. The minimum Gasteiger partial charge on any atom is -0.497 e. The number of carbonyl (C=O) groups is 1. The molecule has 7 nitrogen and oxygen atoms in total. The maximum absolute atomic E-state index is 11.8. The van der Waals surface area contributed by atoms with E-state index < -0.39 is 5.97 Å². The Kier molecular flexibility index (Phi) is 4.94. The topological polar surface area (TPSA) is 86.5 Å². The first-order valence-corrected chi connectivity index (χ1v) is 7.59. The zero-order chi connectivity index (χ0) is 17.6. The first-order valence-electron chi connectivity index (χ1n) is 7.59. The van der Waals surface area contributed by atoms with Crippen LogP contribution < -0.4 is 10.1 Å². The van der Waals surface area contributed by atoms with Gasteiger partial charge in [-0.15, -0.1) is 10.2 Å². The lowest BCUT2D eigenvalue weighted by molar-refractivity contribution is 0.0602. The molecule has 0 fully saturated rings. The highest BCUT2D eigenvalue weighted by molar-refractivity contribution is 5.95. The molecule has 3 aromatic rings. The molecule has 3 rings (SSSR count). The summed E-state index contributed by atoms with van der Waals surface area (Å²) >= 11 is 0. The second-order valence-electron chi connectivity index (χ2n) is 5.12. The Morgan fingerprint density at radius 3 is 2.76 bits per heavy atom. The predicted octanol–water partition coefficient (Wildman–Crippen LogP) is 3.14. The second-order valence-corrected chi connectivity index (χ2v) is 5.12. The number of esters is 1. The molecule has 1 heterocycles. The van der Waals surface area contributed by atoms with E-state index in [0.717, 1.165) is 5.56 Å². The van der Waals surface area contributed by atoms with Gasteiger partial charge in [0, 0.05) is 11.3 Å². The Morgan fingerprint density at radius 1 is 1.12 bits per heavy atom. The zero-order valence-electron chi connectivity index (χ0n) is 13.9. The largest absolute Gasteiger partial charge is 0.497 e. The van der Waals surface area contributed by atoms with Gasteiger partial charge in [0.05, 0.1) is 26.3 Å². The van der Waals surface area contributed by atoms with E-state index in [0.29, 0.717) is 28.8 Å². The normalized spacial score (nSPS) is 10.3. The van der Waals surface area contributed by atoms with Gasteiger partial charge in [-0.1, -0.05) is 18.2 Å². The lowest BCUT2D eigenvalue weighted by atomic mass is 10.2. The van der Waals surface area contributed by atoms with Crippen molar-refractivity contribution in [2.24, 2.45) is 0 Å². The lowest BCUT2D eigenvalue weighted by Gasteiger charge is -2.08. The van der Waals surface area contributed by atoms with Gasteiger partial charge < -0.3 is 19.2 Å². The molecule has 0 amide bonds. The van der Waals surface area contributed by atoms with Crippen LogP contribution in [-0.2, 0) is 11.3 Å². The van der Waals surface area contributed by atoms with Gasteiger partial charge in [-0.05, 0) is 30.3 Å². The fourth-order valence-corrected chi connectivity index (χ4v) is 2.29. The number of nitrogens with one attached hydrogen (secondary N) is 1. The Labute approximate surface area is 144 Å². The number of ether oxygens (including phenoxy) is 2. The second kappa shape index (κ2) is 7.48. The summed E-state index contributed by atoms with van der Waals surface area (Å²) in [5.74, 6) is 1.10. The number of hydrogen-bond acceptors (Lipinski definition) is 7. The molecule has 0 aliphatic heterocycles. The Balaban J connectivity index is 1.73. The molecule has 0 aliphatic carbocycles. The summed E-state index contributed by atoms with van der Waals surface area (Å²) in [6.45, 7) is 0.283. The zero-order valence-corrected chi connectivity index (χ0v) is 13.9. The van der Waals surface area contributed by atoms with Crippen molar-refractivity contribution in [3.63, 3.8) is 0 Å². The number of rotatable bonds is 6. The molecular weight excluding hydrogens is 322 g/mol. The van der Waals surface area contributed by atoms with Gasteiger partial charge in [-0.2, -0.15) is 0 Å². The van der Waals surface area contributed by atoms with Crippen LogP contribution in [0.3, 0.4) is 0 Å². The van der Waals surface area contributed by atoms with E-state index in [4.69, 9.17) is 13.9 Å². The smallest absolute Gasteiger partial charge is 0.339 e. The van der Waals surface area contributed by atoms with Crippen molar-refractivity contribution in [3.8, 4) is 17.2 Å². The molecule has 2 aromatic carbocycles. The van der Waals surface area contributed by atoms with E-state index in [1.54, 1.807) is 25.3 Å². The third-order valence-electron chi connectivity index (χ3n) is 3.55. The van der Waals surface area contributed by atoms with Crippen LogP contribution >= 0.6 is 0 Å². The summed E-state index contributed by atoms with van der Waals surface area (Å²) in [4.78, 5) is 11.8. The fourth-order valence-electron chi connectivity index (χ4n) is 2.29. The summed E-state index contributed by atoms with van der Waals surface area (Å²) in [6, 6.07) is 14.4. The standard InChI is InChI=1S/C18H17N3O4/c1-23-13-7-5-6-12(10-13)17-21-20-16(25-17)11-19-15-9-4-3-8-14(15)18(22)24-2/h3-10,19H,11H2,1-2H3. The molecular formula is C18H17N3O4. The predicted molar refractivity (Wildman–Crippen MR) is 91.4 cm³/mol. The summed E-state index contributed by atoms with van der Waals surface area (Å²) < 4.78 is 15.6. The highest BCUT2D eigenvalue weighted by atomic mass is 16.5. The Bertz CT molecular complexity index is 876. The van der Waals surface area contributed by atoms with E-state index in [2.05, 4.69) is 15.5 Å². The van der Waals surface area contributed by atoms with Crippen LogP contribution in [0.1, 0.15) is 16.2 Å². The molecule has 0 saturated carbocycles. The number of para-hydroxylation sites is 1. The SMILES string of the molecule is COC(=O)c1ccccc1NCc1nnc(-c2cccc(OC)c2)o1. The molecule has 0 aliphatic rings. The van der Waals surface area contributed by atoms with Gasteiger partial charge in [0.15, 0.2) is 0 Å². The highest BCUT2D eigenvalue weighted by Crippen LogP contribution is 2.23. The van der Waals surface area contributed by atoms with Crippen LogP contribution in [-0.4, -0.2) is 30.4 Å². The summed E-state index contributed by atoms with van der Waals surface area (Å²) in [5.41, 5.74) is 1.85. The molecule has 0 saturated heterocycles. The van der Waals surface area contributed by atoms with E-state index in [-0.39, 0.29) is 6.54 Å². The molecule has 7 heteroatoms. The average molecular weight is 339 g/mol. The van der Waals surface area contributed by atoms with E-state index >= 15 is 0 Å². The van der Waals surface area contributed by atoms with Crippen LogP contribution in [0, 0.1) is 0 Å². The van der Waals surface area contributed by atoms with Gasteiger partial charge in [0.25, 0.3) is 0 Å². The van der Waals surface area contributed by atoms with Crippen molar-refractivity contribution >= 4 is 11.7 Å². The first kappa shape index (κ1) is 16.5. The highest BCUT2D eigenvalue weighted by Gasteiger charge is 2.13. The third kappa shape index (κ3) is 3.77. The molecule has 0 unspecified atom stereocenters. The van der Waals surface area contributed by atoms with E-state index in [1.807, 2.05) is 30.3 Å². The maximum atomic E-state index is 11.8. The van der Waals surface area contributed by atoms with Gasteiger partial charge in [0.1, 0.15) is 5.75 Å². The molecule has 128 valence electrons. The monoisotopic (exact) mass is 339 g/mol. The minimum absolute atomic E-state index is 0.283. The summed E-state index contributed by atoms with van der Waals surface area (Å²) in [7, 11) is 2.94. The van der Waals surface area contributed by atoms with Gasteiger partial charge >= 0.3 is 5.97 Å². The van der Waals surface area contributed by atoms with Crippen molar-refractivity contribution in [1.29, 1.82) is 0 Å². The van der Waals surface area contributed by atoms with Crippen molar-refractivity contribution < 1.29 is 18.7 Å². The van der Waals surface area contributed by atoms with E-state index in [1.165, 1.54) is 7.11 Å². The summed E-state index contributed by atoms with van der Waals surface area (Å²) in [6.07, 6.45) is 0. The third-order valence-corrected chi connectivity index (χ3v) is 3.55. The Morgan fingerprint density at radius 2 is 1.96 bits per heavy atom. The number of nitrogens with zero attached hydrogens (tertiary/aromatic N) is 2. The molecule has 0 bridgehead atoms. The lowest BCUT2D eigenvalue weighted by Crippen LogP contribution is -2.08. The van der Waals surface area contributed by atoms with Crippen molar-refractivity contribution in [2.45, 2.75) is 6.54 Å². The molecule has 25 heavy (non-hydrogen) atoms. The van der Waals surface area contributed by atoms with Crippen molar-refractivity contribution in [1.82, 2.24) is 10.2 Å². The maximum Gasteiger partial charge on any atom is 0.339 e. The Hall–Kier alpha value is -3.35. The van der Waals surface area contributed by atoms with E-state index in [9.17, 15) is 4.79 Å². The van der Waals surface area contributed by atoms with Gasteiger partial charge in [-0.25, -0.2) is 4.79 Å². The first-order chi connectivity index (χ1) is 12.2. The van der Waals surface area contributed by atoms with Gasteiger partial charge in [-0.3, -0.25) is 0 Å². The molecule has 0 spiro atoms. The minimum atomic E-state index is -0.411. The molecule has 1 aromatic heterocycles. The van der Waals surface area contributed by atoms with Crippen molar-refractivity contribution in [2.75, 3.05) is 19.5 Å². The van der Waals surface area contributed by atoms with Crippen LogP contribution in [0.5, 0.6) is 5.75 Å². The molecule has 0 atom stereocenters.